The van der Waals surface area contributed by atoms with Gasteiger partial charge in [-0.25, -0.2) is 0 Å². The van der Waals surface area contributed by atoms with Gasteiger partial charge in [-0.15, -0.1) is 24.8 Å². The minimum atomic E-state index is -2.92. The molecule has 0 unspecified atom stereocenters. The smallest absolute Gasteiger partial charge is 0.147 e. The Kier molecular flexibility index (Phi) is 10.4. The first-order valence-electron chi connectivity index (χ1n) is 16.2. The van der Waals surface area contributed by atoms with Crippen molar-refractivity contribution in [3.8, 4) is 11.1 Å². The first kappa shape index (κ1) is 35.3. The van der Waals surface area contributed by atoms with Crippen molar-refractivity contribution < 1.29 is 25.7 Å². The summed E-state index contributed by atoms with van der Waals surface area (Å²) in [5.41, 5.74) is 14.1. The predicted octanol–water partition coefficient (Wildman–Crippen LogP) is 11.2. The summed E-state index contributed by atoms with van der Waals surface area (Å²) >= 11 is -2.92. The van der Waals surface area contributed by atoms with Gasteiger partial charge < -0.3 is 0 Å². The maximum Gasteiger partial charge on any atom is -0.147 e. The van der Waals surface area contributed by atoms with Crippen LogP contribution in [0.4, 0.5) is 0 Å². The Bertz CT molecular complexity index is 1940. The van der Waals surface area contributed by atoms with Crippen LogP contribution in [0.3, 0.4) is 0 Å². The monoisotopic (exact) mass is 736 g/mol. The second-order valence-corrected chi connectivity index (χ2v) is 20.5. The third kappa shape index (κ3) is 6.80. The van der Waals surface area contributed by atoms with Crippen molar-refractivity contribution in [1.82, 2.24) is 0 Å². The van der Waals surface area contributed by atoms with E-state index < -0.39 is 21.3 Å². The fraction of sp³-hybridized carbons (Fsp3) is 0.233. The number of allylic oxidation sites excluding steroid dienone is 4. The topological polar surface area (TPSA) is 13.1 Å². The zero-order valence-corrected chi connectivity index (χ0v) is 32.3. The molecule has 0 radical (unpaired) electrons. The molecule has 0 N–H and O–H groups in total. The molecule has 2 aliphatic rings. The molecular formula is C43H44Cl2OZr. The van der Waals surface area contributed by atoms with Gasteiger partial charge in [-0.2, -0.15) is 0 Å². The van der Waals surface area contributed by atoms with E-state index in [0.717, 1.165) is 12.8 Å². The molecule has 0 bridgehead atoms. The zero-order chi connectivity index (χ0) is 31.3. The summed E-state index contributed by atoms with van der Waals surface area (Å²) in [5, 5.41) is 0. The zero-order valence-electron chi connectivity index (χ0n) is 28.2. The molecule has 0 amide bonds. The van der Waals surface area contributed by atoms with Crippen LogP contribution in [0.2, 0.25) is 0 Å². The molecule has 240 valence electrons. The van der Waals surface area contributed by atoms with Crippen LogP contribution >= 0.6 is 24.8 Å². The van der Waals surface area contributed by atoms with Crippen LogP contribution in [0.5, 0.6) is 0 Å². The Morgan fingerprint density at radius 3 is 1.87 bits per heavy atom. The van der Waals surface area contributed by atoms with E-state index >= 15 is 0 Å². The molecule has 5 aromatic rings. The SMILES string of the molecule is CC(C)(C)c1ccc2c(c1)-c1cc(C(C)(C)C)c[c]([Zr]([C]3=C(c4ccoc4)C=CC3)=[C](c3ccccc3)c3ccccc3)c1C2.Cl.Cl. The number of hydrogen-bond acceptors (Lipinski definition) is 1. The largest absolute Gasteiger partial charge is 0.147 e. The van der Waals surface area contributed by atoms with Crippen molar-refractivity contribution in [2.24, 2.45) is 0 Å². The minimum absolute atomic E-state index is 0. The van der Waals surface area contributed by atoms with Crippen molar-refractivity contribution in [2.75, 3.05) is 0 Å². The number of fused-ring (bicyclic) bond motifs is 3. The van der Waals surface area contributed by atoms with Gasteiger partial charge in [0.1, 0.15) is 0 Å². The van der Waals surface area contributed by atoms with Gasteiger partial charge in [-0.1, -0.05) is 0 Å². The summed E-state index contributed by atoms with van der Waals surface area (Å²) in [4.78, 5) is 0. The van der Waals surface area contributed by atoms with Crippen LogP contribution in [0, 0.1) is 0 Å². The van der Waals surface area contributed by atoms with Crippen molar-refractivity contribution in [3.05, 3.63) is 164 Å². The fourth-order valence-corrected chi connectivity index (χ4v) is 15.4. The minimum Gasteiger partial charge on any atom is -0.147 e. The molecule has 0 saturated carbocycles. The molecule has 0 atom stereocenters. The maximum atomic E-state index is 5.66. The fourth-order valence-electron chi connectivity index (χ4n) is 6.94. The number of hydrogen-bond donors (Lipinski definition) is 0. The number of halogens is 2. The van der Waals surface area contributed by atoms with E-state index in [-0.39, 0.29) is 35.6 Å². The molecule has 1 heterocycles. The summed E-state index contributed by atoms with van der Waals surface area (Å²) in [6.07, 6.45) is 10.5. The molecule has 0 fully saturated rings. The average molecular weight is 739 g/mol. The molecule has 47 heavy (non-hydrogen) atoms. The van der Waals surface area contributed by atoms with Gasteiger partial charge in [0.05, 0.1) is 0 Å². The van der Waals surface area contributed by atoms with E-state index in [4.69, 9.17) is 4.42 Å². The van der Waals surface area contributed by atoms with Crippen LogP contribution < -0.4 is 3.27 Å². The summed E-state index contributed by atoms with van der Waals surface area (Å²) in [6, 6.07) is 37.0. The van der Waals surface area contributed by atoms with Crippen molar-refractivity contribution in [2.45, 2.75) is 65.2 Å². The van der Waals surface area contributed by atoms with Gasteiger partial charge in [-0.3, -0.25) is 0 Å². The first-order chi connectivity index (χ1) is 21.6. The van der Waals surface area contributed by atoms with Crippen molar-refractivity contribution in [1.29, 1.82) is 0 Å². The van der Waals surface area contributed by atoms with E-state index in [1.54, 1.807) is 15.3 Å². The van der Waals surface area contributed by atoms with Crippen molar-refractivity contribution in [3.63, 3.8) is 0 Å². The second kappa shape index (κ2) is 13.8. The van der Waals surface area contributed by atoms with Crippen LogP contribution in [0.1, 0.15) is 86.9 Å². The van der Waals surface area contributed by atoms with Crippen molar-refractivity contribution >= 4 is 36.9 Å². The van der Waals surface area contributed by atoms with Crippen LogP contribution in [0.25, 0.3) is 16.7 Å². The summed E-state index contributed by atoms with van der Waals surface area (Å²) < 4.78 is 10.5. The molecule has 1 aromatic heterocycles. The van der Waals surface area contributed by atoms with Gasteiger partial charge in [0, 0.05) is 0 Å². The molecule has 0 aliphatic heterocycles. The molecule has 1 nitrogen and oxygen atoms in total. The van der Waals surface area contributed by atoms with Gasteiger partial charge in [0.15, 0.2) is 0 Å². The summed E-state index contributed by atoms with van der Waals surface area (Å²) in [7, 11) is 0. The second-order valence-electron chi connectivity index (χ2n) is 14.6. The molecule has 2 aliphatic carbocycles. The molecule has 0 spiro atoms. The van der Waals surface area contributed by atoms with Crippen LogP contribution in [0.15, 0.2) is 129 Å². The number of rotatable bonds is 5. The molecule has 0 saturated heterocycles. The average Bonchev–Trinajstić information content (AvgIpc) is 3.79. The van der Waals surface area contributed by atoms with E-state index in [1.807, 2.05) is 12.5 Å². The molecular weight excluding hydrogens is 695 g/mol. The number of furan rings is 1. The van der Waals surface area contributed by atoms with Crippen LogP contribution in [-0.2, 0) is 38.5 Å². The van der Waals surface area contributed by atoms with E-state index in [1.165, 1.54) is 50.1 Å². The Hall–Kier alpha value is -3.03. The maximum absolute atomic E-state index is 5.66. The van der Waals surface area contributed by atoms with Gasteiger partial charge >= 0.3 is 278 Å². The van der Waals surface area contributed by atoms with E-state index in [9.17, 15) is 0 Å². The van der Waals surface area contributed by atoms with Gasteiger partial charge in [0.2, 0.25) is 0 Å². The number of benzene rings is 4. The Morgan fingerprint density at radius 1 is 0.681 bits per heavy atom. The third-order valence-corrected chi connectivity index (χ3v) is 17.2. The van der Waals surface area contributed by atoms with Gasteiger partial charge in [-0.05, 0) is 0 Å². The molecule has 4 heteroatoms. The standard InChI is InChI=1S/C21H25.C13H10.C9H7O.2ClH.Zr/c1-20(2,3)16-9-7-14-11-15-8-10-17(21(4,5)6)13-19(15)18(14)12-16;1-3-7-12(8-4-1)11-13-9-5-2-6-10-13;1-2-4-8(3-1)9-5-6-10-7-9;;;/h7,9-10,12-13H,11H2,1-6H3;1-10H;1,3,5-7H,2H2;2*1H;. The predicted molar refractivity (Wildman–Crippen MR) is 202 cm³/mol. The Balaban J connectivity index is 0.00000217. The molecule has 7 rings (SSSR count). The normalized spacial score (nSPS) is 13.5. The summed E-state index contributed by atoms with van der Waals surface area (Å²) in [6.45, 7) is 14.1. The first-order valence-corrected chi connectivity index (χ1v) is 19.9. The van der Waals surface area contributed by atoms with Crippen LogP contribution in [-0.4, -0.2) is 3.21 Å². The van der Waals surface area contributed by atoms with E-state index in [0.29, 0.717) is 0 Å². The Morgan fingerprint density at radius 2 is 1.30 bits per heavy atom. The van der Waals surface area contributed by atoms with E-state index in [2.05, 4.69) is 151 Å². The third-order valence-electron chi connectivity index (χ3n) is 9.46. The Labute approximate surface area is 300 Å². The quantitative estimate of drug-likeness (QED) is 0.172. The molecule has 4 aromatic carbocycles. The van der Waals surface area contributed by atoms with Gasteiger partial charge in [0.25, 0.3) is 0 Å². The summed E-state index contributed by atoms with van der Waals surface area (Å²) in [5.74, 6) is 0.